The van der Waals surface area contributed by atoms with E-state index in [0.29, 0.717) is 25.7 Å². The molecule has 0 spiro atoms. The number of nitrogens with zero attached hydrogens (tertiary/aromatic N) is 2. The summed E-state index contributed by atoms with van der Waals surface area (Å²) in [6.07, 6.45) is -1.56. The predicted molar refractivity (Wildman–Crippen MR) is 99.2 cm³/mol. The second-order valence-corrected chi connectivity index (χ2v) is 8.70. The minimum Gasteiger partial charge on any atom is -0.355 e. The molecule has 1 aliphatic rings. The van der Waals surface area contributed by atoms with Crippen molar-refractivity contribution in [2.24, 2.45) is 0 Å². The molecule has 0 radical (unpaired) electrons. The van der Waals surface area contributed by atoms with Crippen LogP contribution in [0.15, 0.2) is 29.2 Å². The zero-order chi connectivity index (χ0) is 20.8. The molecule has 1 aromatic rings. The molecule has 1 aliphatic heterocycles. The summed E-state index contributed by atoms with van der Waals surface area (Å²) in [5.41, 5.74) is -0.994. The SMILES string of the molecule is CCCCCNC(=O)CN1CCN(S(=O)(=O)c2cccc(C(F)(F)F)c2)CC1. The second-order valence-electron chi connectivity index (χ2n) is 6.76. The fourth-order valence-corrected chi connectivity index (χ4v) is 4.44. The quantitative estimate of drug-likeness (QED) is 0.654. The molecule has 0 unspecified atom stereocenters. The molecule has 1 amide bonds. The molecule has 1 saturated heterocycles. The largest absolute Gasteiger partial charge is 0.416 e. The molecule has 0 aromatic heterocycles. The van der Waals surface area contributed by atoms with Crippen LogP contribution in [0.2, 0.25) is 0 Å². The monoisotopic (exact) mass is 421 g/mol. The van der Waals surface area contributed by atoms with Gasteiger partial charge in [-0.05, 0) is 24.6 Å². The fraction of sp³-hybridized carbons (Fsp3) is 0.611. The van der Waals surface area contributed by atoms with Crippen LogP contribution in [0.25, 0.3) is 0 Å². The molecule has 0 atom stereocenters. The number of halogens is 3. The maximum absolute atomic E-state index is 12.8. The van der Waals surface area contributed by atoms with Gasteiger partial charge < -0.3 is 5.32 Å². The van der Waals surface area contributed by atoms with E-state index < -0.39 is 21.8 Å². The zero-order valence-corrected chi connectivity index (χ0v) is 16.7. The number of piperazine rings is 1. The van der Waals surface area contributed by atoms with E-state index in [4.69, 9.17) is 0 Å². The molecule has 1 N–H and O–H groups in total. The first-order valence-corrected chi connectivity index (χ1v) is 10.7. The molecule has 1 heterocycles. The number of benzene rings is 1. The number of alkyl halides is 3. The summed E-state index contributed by atoms with van der Waals surface area (Å²) in [4.78, 5) is 13.4. The molecule has 1 aromatic carbocycles. The van der Waals surface area contributed by atoms with Gasteiger partial charge in [-0.15, -0.1) is 0 Å². The summed E-state index contributed by atoms with van der Waals surface area (Å²) in [7, 11) is -4.01. The first kappa shape index (κ1) is 22.6. The maximum atomic E-state index is 12.8. The van der Waals surface area contributed by atoms with Crippen LogP contribution in [0.4, 0.5) is 13.2 Å². The van der Waals surface area contributed by atoms with E-state index in [1.54, 1.807) is 0 Å². The summed E-state index contributed by atoms with van der Waals surface area (Å²) in [5.74, 6) is -0.106. The van der Waals surface area contributed by atoms with Gasteiger partial charge in [0, 0.05) is 32.7 Å². The number of carbonyl (C=O) groups excluding carboxylic acids is 1. The van der Waals surface area contributed by atoms with Crippen LogP contribution in [-0.2, 0) is 21.0 Å². The van der Waals surface area contributed by atoms with E-state index in [2.05, 4.69) is 12.2 Å². The first-order valence-electron chi connectivity index (χ1n) is 9.31. The zero-order valence-electron chi connectivity index (χ0n) is 15.8. The van der Waals surface area contributed by atoms with Crippen molar-refractivity contribution in [2.45, 2.75) is 37.3 Å². The minimum atomic E-state index is -4.60. The number of unbranched alkanes of at least 4 members (excludes halogenated alkanes) is 2. The van der Waals surface area contributed by atoms with Gasteiger partial charge in [0.05, 0.1) is 17.0 Å². The van der Waals surface area contributed by atoms with Crippen LogP contribution < -0.4 is 5.32 Å². The molecular formula is C18H26F3N3O3S. The van der Waals surface area contributed by atoms with Crippen LogP contribution in [0, 0.1) is 0 Å². The van der Waals surface area contributed by atoms with Crippen molar-refractivity contribution in [3.05, 3.63) is 29.8 Å². The van der Waals surface area contributed by atoms with Gasteiger partial charge in [0.2, 0.25) is 15.9 Å². The number of hydrogen-bond acceptors (Lipinski definition) is 4. The summed E-state index contributed by atoms with van der Waals surface area (Å²) in [6, 6.07) is 3.76. The number of rotatable bonds is 8. The fourth-order valence-electron chi connectivity index (χ4n) is 2.97. The Bertz CT molecular complexity index is 761. The number of nitrogens with one attached hydrogen (secondary N) is 1. The van der Waals surface area contributed by atoms with E-state index in [0.717, 1.165) is 35.7 Å². The van der Waals surface area contributed by atoms with Crippen LogP contribution in [0.1, 0.15) is 31.7 Å². The lowest BCUT2D eigenvalue weighted by Crippen LogP contribution is -2.51. The normalized spacial score (nSPS) is 16.9. The van der Waals surface area contributed by atoms with Crippen molar-refractivity contribution in [1.82, 2.24) is 14.5 Å². The van der Waals surface area contributed by atoms with Crippen molar-refractivity contribution in [1.29, 1.82) is 0 Å². The highest BCUT2D eigenvalue weighted by atomic mass is 32.2. The van der Waals surface area contributed by atoms with Gasteiger partial charge in [-0.25, -0.2) is 8.42 Å². The number of carbonyl (C=O) groups is 1. The average molecular weight is 421 g/mol. The topological polar surface area (TPSA) is 69.7 Å². The van der Waals surface area contributed by atoms with Crippen molar-refractivity contribution in [3.63, 3.8) is 0 Å². The maximum Gasteiger partial charge on any atom is 0.416 e. The molecule has 0 saturated carbocycles. The average Bonchev–Trinajstić information content (AvgIpc) is 2.65. The van der Waals surface area contributed by atoms with Crippen LogP contribution >= 0.6 is 0 Å². The van der Waals surface area contributed by atoms with Crippen LogP contribution in [0.3, 0.4) is 0 Å². The molecule has 6 nitrogen and oxygen atoms in total. The third-order valence-electron chi connectivity index (χ3n) is 4.60. The summed E-state index contributed by atoms with van der Waals surface area (Å²) in [5, 5.41) is 2.83. The van der Waals surface area contributed by atoms with Crippen LogP contribution in [-0.4, -0.2) is 62.8 Å². The highest BCUT2D eigenvalue weighted by Gasteiger charge is 2.34. The third kappa shape index (κ3) is 6.18. The van der Waals surface area contributed by atoms with E-state index in [1.807, 2.05) is 4.90 Å². The lowest BCUT2D eigenvalue weighted by molar-refractivity contribution is -0.137. The van der Waals surface area contributed by atoms with Crippen molar-refractivity contribution in [3.8, 4) is 0 Å². The lowest BCUT2D eigenvalue weighted by Gasteiger charge is -2.33. The Morgan fingerprint density at radius 1 is 1.14 bits per heavy atom. The molecule has 0 bridgehead atoms. The standard InChI is InChI=1S/C18H26F3N3O3S/c1-2-3-4-8-22-17(25)14-23-9-11-24(12-10-23)28(26,27)16-7-5-6-15(13-16)18(19,20)21/h5-7,13H,2-4,8-12,14H2,1H3,(H,22,25). The summed E-state index contributed by atoms with van der Waals surface area (Å²) >= 11 is 0. The Morgan fingerprint density at radius 3 is 2.43 bits per heavy atom. The van der Waals surface area contributed by atoms with Gasteiger partial charge in [-0.1, -0.05) is 25.8 Å². The molecule has 158 valence electrons. The number of hydrogen-bond donors (Lipinski definition) is 1. The van der Waals surface area contributed by atoms with Gasteiger partial charge in [-0.3, -0.25) is 9.69 Å². The Kier molecular flexibility index (Phi) is 7.85. The molecular weight excluding hydrogens is 395 g/mol. The molecule has 28 heavy (non-hydrogen) atoms. The van der Waals surface area contributed by atoms with E-state index in [9.17, 15) is 26.4 Å². The third-order valence-corrected chi connectivity index (χ3v) is 6.49. The Balaban J connectivity index is 1.91. The second kappa shape index (κ2) is 9.71. The highest BCUT2D eigenvalue weighted by molar-refractivity contribution is 7.89. The first-order chi connectivity index (χ1) is 13.1. The van der Waals surface area contributed by atoms with E-state index in [1.165, 1.54) is 6.07 Å². The summed E-state index contributed by atoms with van der Waals surface area (Å²) < 4.78 is 65.0. The Morgan fingerprint density at radius 2 is 1.82 bits per heavy atom. The van der Waals surface area contributed by atoms with Crippen molar-refractivity contribution in [2.75, 3.05) is 39.3 Å². The van der Waals surface area contributed by atoms with Gasteiger partial charge in [0.1, 0.15) is 0 Å². The molecule has 10 heteroatoms. The summed E-state index contributed by atoms with van der Waals surface area (Å²) in [6.45, 7) is 3.83. The predicted octanol–water partition coefficient (Wildman–Crippen LogP) is 2.32. The number of sulfonamides is 1. The van der Waals surface area contributed by atoms with Gasteiger partial charge in [0.25, 0.3) is 0 Å². The Labute approximate surface area is 163 Å². The molecule has 0 aliphatic carbocycles. The van der Waals surface area contributed by atoms with Crippen molar-refractivity contribution >= 4 is 15.9 Å². The highest BCUT2D eigenvalue weighted by Crippen LogP contribution is 2.31. The van der Waals surface area contributed by atoms with Gasteiger partial charge in [-0.2, -0.15) is 17.5 Å². The number of amides is 1. The van der Waals surface area contributed by atoms with Crippen LogP contribution in [0.5, 0.6) is 0 Å². The Hall–Kier alpha value is -1.65. The lowest BCUT2D eigenvalue weighted by atomic mass is 10.2. The van der Waals surface area contributed by atoms with Crippen molar-refractivity contribution < 1.29 is 26.4 Å². The van der Waals surface area contributed by atoms with E-state index >= 15 is 0 Å². The smallest absolute Gasteiger partial charge is 0.355 e. The van der Waals surface area contributed by atoms with Gasteiger partial charge in [0.15, 0.2) is 0 Å². The molecule has 1 fully saturated rings. The van der Waals surface area contributed by atoms with Gasteiger partial charge >= 0.3 is 6.18 Å². The van der Waals surface area contributed by atoms with E-state index in [-0.39, 0.29) is 30.4 Å². The molecule has 2 rings (SSSR count). The minimum absolute atomic E-state index is 0.106.